The van der Waals surface area contributed by atoms with Crippen LogP contribution < -0.4 is 5.32 Å². The fraction of sp³-hybridized carbons (Fsp3) is 0.308. The summed E-state index contributed by atoms with van der Waals surface area (Å²) in [4.78, 5) is 0. The highest BCUT2D eigenvalue weighted by molar-refractivity contribution is 5.30. The smallest absolute Gasteiger partial charge is 0.307 e. The second kappa shape index (κ2) is 5.62. The van der Waals surface area contributed by atoms with Crippen molar-refractivity contribution < 1.29 is 17.6 Å². The van der Waals surface area contributed by atoms with Crippen molar-refractivity contribution in [3.05, 3.63) is 53.1 Å². The Labute approximate surface area is 113 Å². The van der Waals surface area contributed by atoms with Gasteiger partial charge in [0.1, 0.15) is 5.82 Å². The number of nitrogens with one attached hydrogen (secondary N) is 1. The molecule has 0 aliphatic heterocycles. The van der Waals surface area contributed by atoms with Crippen LogP contribution in [0, 0.1) is 5.82 Å². The highest BCUT2D eigenvalue weighted by atomic mass is 19.4. The van der Waals surface area contributed by atoms with Crippen LogP contribution in [0.2, 0.25) is 0 Å². The number of benzene rings is 1. The Morgan fingerprint density at radius 3 is 2.55 bits per heavy atom. The van der Waals surface area contributed by atoms with Crippen LogP contribution in [0.25, 0.3) is 0 Å². The van der Waals surface area contributed by atoms with Crippen LogP contribution in [0.15, 0.2) is 30.5 Å². The van der Waals surface area contributed by atoms with Crippen molar-refractivity contribution in [2.45, 2.75) is 19.3 Å². The van der Waals surface area contributed by atoms with Crippen molar-refractivity contribution in [2.75, 3.05) is 0 Å². The number of nitrogens with zero attached hydrogens (tertiary/aromatic N) is 2. The summed E-state index contributed by atoms with van der Waals surface area (Å²) >= 11 is 0. The van der Waals surface area contributed by atoms with E-state index in [1.807, 2.05) is 0 Å². The van der Waals surface area contributed by atoms with Crippen molar-refractivity contribution in [1.82, 2.24) is 15.1 Å². The molecule has 1 aromatic carbocycles. The molecular weight excluding hydrogens is 274 g/mol. The quantitative estimate of drug-likeness (QED) is 0.876. The molecule has 2 rings (SSSR count). The second-order valence-electron chi connectivity index (χ2n) is 4.38. The number of hydrogen-bond donors (Lipinski definition) is 1. The van der Waals surface area contributed by atoms with E-state index in [1.165, 1.54) is 0 Å². The SMILES string of the molecule is Cn1ccc(CNCc2ccc(F)cc2C(F)(F)F)n1. The van der Waals surface area contributed by atoms with E-state index >= 15 is 0 Å². The molecule has 1 heterocycles. The van der Waals surface area contributed by atoms with Gasteiger partial charge in [-0.1, -0.05) is 6.07 Å². The van der Waals surface area contributed by atoms with Gasteiger partial charge < -0.3 is 5.32 Å². The van der Waals surface area contributed by atoms with Gasteiger partial charge in [0.25, 0.3) is 0 Å². The van der Waals surface area contributed by atoms with E-state index < -0.39 is 17.6 Å². The summed E-state index contributed by atoms with van der Waals surface area (Å²) in [6.07, 6.45) is -2.82. The Hall–Kier alpha value is -1.89. The highest BCUT2D eigenvalue weighted by Crippen LogP contribution is 2.32. The second-order valence-corrected chi connectivity index (χ2v) is 4.38. The maximum atomic E-state index is 12.9. The summed E-state index contributed by atoms with van der Waals surface area (Å²) in [6, 6.07) is 4.44. The minimum Gasteiger partial charge on any atom is -0.307 e. The van der Waals surface area contributed by atoms with Gasteiger partial charge in [0.2, 0.25) is 0 Å². The van der Waals surface area contributed by atoms with Crippen molar-refractivity contribution in [3.8, 4) is 0 Å². The maximum absolute atomic E-state index is 12.9. The first kappa shape index (κ1) is 14.5. The molecular formula is C13H13F4N3. The minimum absolute atomic E-state index is 0.00824. The molecule has 0 aliphatic rings. The predicted octanol–water partition coefficient (Wildman–Crippen LogP) is 2.87. The third-order valence-corrected chi connectivity index (χ3v) is 2.77. The normalized spacial score (nSPS) is 11.8. The maximum Gasteiger partial charge on any atom is 0.416 e. The summed E-state index contributed by atoms with van der Waals surface area (Å²) in [5.41, 5.74) is -0.218. The van der Waals surface area contributed by atoms with E-state index in [4.69, 9.17) is 0 Å². The highest BCUT2D eigenvalue weighted by Gasteiger charge is 2.33. The van der Waals surface area contributed by atoms with Crippen molar-refractivity contribution in [3.63, 3.8) is 0 Å². The van der Waals surface area contributed by atoms with Crippen molar-refractivity contribution in [2.24, 2.45) is 7.05 Å². The largest absolute Gasteiger partial charge is 0.416 e. The predicted molar refractivity (Wildman–Crippen MR) is 65.2 cm³/mol. The monoisotopic (exact) mass is 287 g/mol. The van der Waals surface area contributed by atoms with E-state index in [1.54, 1.807) is 24.0 Å². The zero-order valence-electron chi connectivity index (χ0n) is 10.7. The van der Waals surface area contributed by atoms with Gasteiger partial charge >= 0.3 is 6.18 Å². The molecule has 7 heteroatoms. The molecule has 0 aliphatic carbocycles. The van der Waals surface area contributed by atoms with Crippen LogP contribution in [-0.2, 0) is 26.3 Å². The van der Waals surface area contributed by atoms with E-state index in [0.717, 1.165) is 17.8 Å². The number of halogens is 4. The van der Waals surface area contributed by atoms with Gasteiger partial charge in [-0.3, -0.25) is 4.68 Å². The lowest BCUT2D eigenvalue weighted by molar-refractivity contribution is -0.138. The Bertz CT molecular complexity index is 590. The van der Waals surface area contributed by atoms with E-state index in [0.29, 0.717) is 12.6 Å². The van der Waals surface area contributed by atoms with Crippen LogP contribution in [0.5, 0.6) is 0 Å². The lowest BCUT2D eigenvalue weighted by Crippen LogP contribution is -2.18. The van der Waals surface area contributed by atoms with Gasteiger partial charge in [0.05, 0.1) is 11.3 Å². The van der Waals surface area contributed by atoms with Gasteiger partial charge in [-0.05, 0) is 23.8 Å². The van der Waals surface area contributed by atoms with E-state index in [9.17, 15) is 17.6 Å². The molecule has 20 heavy (non-hydrogen) atoms. The third kappa shape index (κ3) is 3.57. The molecule has 0 amide bonds. The molecule has 2 aromatic rings. The molecule has 1 N–H and O–H groups in total. The zero-order chi connectivity index (χ0) is 14.8. The zero-order valence-corrected chi connectivity index (χ0v) is 10.7. The molecule has 0 bridgehead atoms. The van der Waals surface area contributed by atoms with E-state index in [2.05, 4.69) is 10.4 Å². The van der Waals surface area contributed by atoms with Crippen molar-refractivity contribution in [1.29, 1.82) is 0 Å². The first-order valence-corrected chi connectivity index (χ1v) is 5.91. The van der Waals surface area contributed by atoms with Gasteiger partial charge in [0, 0.05) is 26.3 Å². The Morgan fingerprint density at radius 1 is 1.20 bits per heavy atom. The molecule has 0 saturated heterocycles. The molecule has 0 fully saturated rings. The average molecular weight is 287 g/mol. The lowest BCUT2D eigenvalue weighted by atomic mass is 10.1. The number of hydrogen-bond acceptors (Lipinski definition) is 2. The summed E-state index contributed by atoms with van der Waals surface area (Å²) in [7, 11) is 1.76. The molecule has 0 atom stereocenters. The van der Waals surface area contributed by atoms with Crippen LogP contribution >= 0.6 is 0 Å². The first-order chi connectivity index (χ1) is 9.36. The van der Waals surface area contributed by atoms with Gasteiger partial charge in [-0.25, -0.2) is 4.39 Å². The summed E-state index contributed by atoms with van der Waals surface area (Å²) in [6.45, 7) is 0.335. The number of rotatable bonds is 4. The van der Waals surface area contributed by atoms with Gasteiger partial charge in [-0.2, -0.15) is 18.3 Å². The molecule has 0 saturated carbocycles. The summed E-state index contributed by atoms with van der Waals surface area (Å²) in [5.74, 6) is -0.897. The lowest BCUT2D eigenvalue weighted by Gasteiger charge is -2.13. The number of alkyl halides is 3. The standard InChI is InChI=1S/C13H13F4N3/c1-20-5-4-11(19-20)8-18-7-9-2-3-10(14)6-12(9)13(15,16)17/h2-6,18H,7-8H2,1H3. The average Bonchev–Trinajstić information content (AvgIpc) is 2.76. The van der Waals surface area contributed by atoms with Crippen LogP contribution in [0.3, 0.4) is 0 Å². The van der Waals surface area contributed by atoms with Crippen LogP contribution in [-0.4, -0.2) is 9.78 Å². The Kier molecular flexibility index (Phi) is 4.08. The van der Waals surface area contributed by atoms with Gasteiger partial charge in [0.15, 0.2) is 0 Å². The summed E-state index contributed by atoms with van der Waals surface area (Å²) < 4.78 is 52.9. The third-order valence-electron chi connectivity index (χ3n) is 2.77. The molecule has 0 spiro atoms. The Morgan fingerprint density at radius 2 is 1.95 bits per heavy atom. The minimum atomic E-state index is -4.57. The van der Waals surface area contributed by atoms with Gasteiger partial charge in [-0.15, -0.1) is 0 Å². The van der Waals surface area contributed by atoms with Crippen molar-refractivity contribution >= 4 is 0 Å². The van der Waals surface area contributed by atoms with Crippen LogP contribution in [0.1, 0.15) is 16.8 Å². The van der Waals surface area contributed by atoms with Crippen LogP contribution in [0.4, 0.5) is 17.6 Å². The fourth-order valence-corrected chi connectivity index (χ4v) is 1.85. The molecule has 0 radical (unpaired) electrons. The Balaban J connectivity index is 2.06. The topological polar surface area (TPSA) is 29.9 Å². The first-order valence-electron chi connectivity index (χ1n) is 5.91. The molecule has 1 aromatic heterocycles. The number of aromatic nitrogens is 2. The molecule has 0 unspecified atom stereocenters. The number of aryl methyl sites for hydroxylation is 1. The fourth-order valence-electron chi connectivity index (χ4n) is 1.85. The summed E-state index contributed by atoms with van der Waals surface area (Å²) in [5, 5.41) is 6.96. The molecule has 3 nitrogen and oxygen atoms in total. The van der Waals surface area contributed by atoms with E-state index in [-0.39, 0.29) is 12.1 Å². The molecule has 108 valence electrons.